The van der Waals surface area contributed by atoms with Crippen LogP contribution in [0.4, 0.5) is 4.79 Å². The number of nitrogens with two attached hydrogens (primary N) is 1. The molecule has 0 spiro atoms. The second-order valence-corrected chi connectivity index (χ2v) is 5.13. The number of amides is 1. The number of hydrogen-bond acceptors (Lipinski definition) is 4. The van der Waals surface area contributed by atoms with Gasteiger partial charge in [-0.15, -0.1) is 11.3 Å². The highest BCUT2D eigenvalue weighted by atomic mass is 35.5. The zero-order valence-electron chi connectivity index (χ0n) is 7.98. The van der Waals surface area contributed by atoms with E-state index in [1.165, 1.54) is 11.3 Å². The largest absolute Gasteiger partial charge is 0.443 e. The number of thiophene rings is 1. The van der Waals surface area contributed by atoms with Crippen LogP contribution < -0.4 is 5.73 Å². The highest BCUT2D eigenvalue weighted by Gasteiger charge is 2.30. The molecule has 1 amide bonds. The van der Waals surface area contributed by atoms with Crippen LogP contribution >= 0.6 is 22.9 Å². The summed E-state index contributed by atoms with van der Waals surface area (Å²) in [6, 6.07) is 3.74. The van der Waals surface area contributed by atoms with E-state index in [0.29, 0.717) is 19.6 Å². The highest BCUT2D eigenvalue weighted by Crippen LogP contribution is 2.24. The standard InChI is InChI=1S/C9H11ClN2O2S/c10-8-2-1-7(15-8)5-12-4-6(3-11)14-9(12)13/h1-2,6H,3-5,11H2. The maximum Gasteiger partial charge on any atom is 0.410 e. The van der Waals surface area contributed by atoms with E-state index in [9.17, 15) is 4.79 Å². The third-order valence-corrected chi connectivity index (χ3v) is 3.40. The molecule has 1 fully saturated rings. The number of cyclic esters (lactones) is 1. The monoisotopic (exact) mass is 246 g/mol. The van der Waals surface area contributed by atoms with Crippen molar-refractivity contribution in [2.45, 2.75) is 12.6 Å². The molecule has 2 N–H and O–H groups in total. The molecule has 0 aliphatic carbocycles. The zero-order valence-corrected chi connectivity index (χ0v) is 9.55. The average molecular weight is 247 g/mol. The fraction of sp³-hybridized carbons (Fsp3) is 0.444. The second-order valence-electron chi connectivity index (χ2n) is 3.33. The SMILES string of the molecule is NCC1CN(Cc2ccc(Cl)s2)C(=O)O1. The summed E-state index contributed by atoms with van der Waals surface area (Å²) < 4.78 is 5.77. The van der Waals surface area contributed by atoms with Crippen LogP contribution in [0.2, 0.25) is 4.34 Å². The Morgan fingerprint density at radius 3 is 3.00 bits per heavy atom. The molecular weight excluding hydrogens is 236 g/mol. The highest BCUT2D eigenvalue weighted by molar-refractivity contribution is 7.16. The fourth-order valence-corrected chi connectivity index (χ4v) is 2.55. The number of carbonyl (C=O) groups is 1. The third kappa shape index (κ3) is 2.42. The van der Waals surface area contributed by atoms with Gasteiger partial charge in [0.2, 0.25) is 0 Å². The summed E-state index contributed by atoms with van der Waals surface area (Å²) in [6.45, 7) is 1.48. The van der Waals surface area contributed by atoms with Crippen LogP contribution in [0.25, 0.3) is 0 Å². The Morgan fingerprint density at radius 2 is 2.47 bits per heavy atom. The molecule has 0 aromatic carbocycles. The number of hydrogen-bond donors (Lipinski definition) is 1. The summed E-state index contributed by atoms with van der Waals surface area (Å²) in [4.78, 5) is 14.1. The molecule has 4 nitrogen and oxygen atoms in total. The molecule has 1 aromatic heterocycles. The Labute approximate surface area is 96.6 Å². The van der Waals surface area contributed by atoms with Gasteiger partial charge in [-0.05, 0) is 12.1 Å². The molecule has 1 saturated heterocycles. The summed E-state index contributed by atoms with van der Waals surface area (Å²) in [5.41, 5.74) is 5.43. The van der Waals surface area contributed by atoms with Crippen molar-refractivity contribution in [2.24, 2.45) is 5.73 Å². The van der Waals surface area contributed by atoms with Crippen molar-refractivity contribution in [3.05, 3.63) is 21.3 Å². The Bertz CT molecular complexity index is 369. The van der Waals surface area contributed by atoms with Crippen LogP contribution in [0.5, 0.6) is 0 Å². The van der Waals surface area contributed by atoms with Gasteiger partial charge in [0.05, 0.1) is 17.4 Å². The van der Waals surface area contributed by atoms with Crippen LogP contribution in [0.3, 0.4) is 0 Å². The van der Waals surface area contributed by atoms with Crippen LogP contribution in [-0.4, -0.2) is 30.2 Å². The average Bonchev–Trinajstić information content (AvgIpc) is 2.75. The lowest BCUT2D eigenvalue weighted by molar-refractivity contribution is 0.134. The van der Waals surface area contributed by atoms with Crippen molar-refractivity contribution < 1.29 is 9.53 Å². The fourth-order valence-electron chi connectivity index (χ4n) is 1.45. The Morgan fingerprint density at radius 1 is 1.67 bits per heavy atom. The Balaban J connectivity index is 1.98. The van der Waals surface area contributed by atoms with E-state index in [1.807, 2.05) is 12.1 Å². The Kier molecular flexibility index (Phi) is 3.14. The molecule has 1 unspecified atom stereocenters. The van der Waals surface area contributed by atoms with Crippen LogP contribution in [-0.2, 0) is 11.3 Å². The Hall–Kier alpha value is -0.780. The minimum atomic E-state index is -0.296. The summed E-state index contributed by atoms with van der Waals surface area (Å²) >= 11 is 7.27. The van der Waals surface area contributed by atoms with E-state index in [1.54, 1.807) is 4.90 Å². The third-order valence-electron chi connectivity index (χ3n) is 2.19. The first-order chi connectivity index (χ1) is 7.19. The first kappa shape index (κ1) is 10.7. The van der Waals surface area contributed by atoms with E-state index >= 15 is 0 Å². The van der Waals surface area contributed by atoms with Gasteiger partial charge in [-0.3, -0.25) is 4.90 Å². The lowest BCUT2D eigenvalue weighted by Gasteiger charge is -2.10. The summed E-state index contributed by atoms with van der Waals surface area (Å²) in [5.74, 6) is 0. The zero-order chi connectivity index (χ0) is 10.8. The smallest absolute Gasteiger partial charge is 0.410 e. The maximum atomic E-state index is 11.4. The van der Waals surface area contributed by atoms with Gasteiger partial charge in [-0.2, -0.15) is 0 Å². The number of halogens is 1. The van der Waals surface area contributed by atoms with Crippen molar-refractivity contribution in [1.29, 1.82) is 0 Å². The van der Waals surface area contributed by atoms with Gasteiger partial charge < -0.3 is 10.5 Å². The van der Waals surface area contributed by atoms with E-state index in [-0.39, 0.29) is 12.2 Å². The molecule has 6 heteroatoms. The minimum Gasteiger partial charge on any atom is -0.443 e. The van der Waals surface area contributed by atoms with Crippen LogP contribution in [0.1, 0.15) is 4.88 Å². The predicted octanol–water partition coefficient (Wildman–Crippen LogP) is 1.68. The molecule has 1 aromatic rings. The lowest BCUT2D eigenvalue weighted by atomic mass is 10.3. The first-order valence-electron chi connectivity index (χ1n) is 4.59. The number of ether oxygens (including phenoxy) is 1. The molecule has 1 aliphatic heterocycles. The summed E-state index contributed by atoms with van der Waals surface area (Å²) in [6.07, 6.45) is -0.470. The van der Waals surface area contributed by atoms with Gasteiger partial charge in [0.25, 0.3) is 0 Å². The van der Waals surface area contributed by atoms with Gasteiger partial charge in [-0.25, -0.2) is 4.79 Å². The normalized spacial score (nSPS) is 20.8. The van der Waals surface area contributed by atoms with Crippen molar-refractivity contribution in [2.75, 3.05) is 13.1 Å². The van der Waals surface area contributed by atoms with E-state index in [2.05, 4.69) is 0 Å². The number of nitrogens with zero attached hydrogens (tertiary/aromatic N) is 1. The van der Waals surface area contributed by atoms with Crippen molar-refractivity contribution in [3.63, 3.8) is 0 Å². The van der Waals surface area contributed by atoms with Gasteiger partial charge in [-0.1, -0.05) is 11.6 Å². The lowest BCUT2D eigenvalue weighted by Crippen LogP contribution is -2.27. The molecule has 1 aliphatic rings. The van der Waals surface area contributed by atoms with E-state index < -0.39 is 0 Å². The minimum absolute atomic E-state index is 0.173. The summed E-state index contributed by atoms with van der Waals surface area (Å²) in [7, 11) is 0. The van der Waals surface area contributed by atoms with Crippen LogP contribution in [0.15, 0.2) is 12.1 Å². The predicted molar refractivity (Wildman–Crippen MR) is 59.1 cm³/mol. The first-order valence-corrected chi connectivity index (χ1v) is 5.78. The number of carbonyl (C=O) groups excluding carboxylic acids is 1. The molecule has 0 saturated carbocycles. The number of rotatable bonds is 3. The molecule has 0 bridgehead atoms. The van der Waals surface area contributed by atoms with Gasteiger partial charge in [0.15, 0.2) is 0 Å². The van der Waals surface area contributed by atoms with E-state index in [4.69, 9.17) is 22.1 Å². The molecule has 82 valence electrons. The van der Waals surface area contributed by atoms with Crippen molar-refractivity contribution in [3.8, 4) is 0 Å². The van der Waals surface area contributed by atoms with Crippen LogP contribution in [0, 0.1) is 0 Å². The molecule has 1 atom stereocenters. The van der Waals surface area contributed by atoms with E-state index in [0.717, 1.165) is 9.21 Å². The maximum absolute atomic E-state index is 11.4. The molecule has 15 heavy (non-hydrogen) atoms. The molecule has 0 radical (unpaired) electrons. The van der Waals surface area contributed by atoms with Gasteiger partial charge >= 0.3 is 6.09 Å². The van der Waals surface area contributed by atoms with Crippen molar-refractivity contribution in [1.82, 2.24) is 4.90 Å². The van der Waals surface area contributed by atoms with Gasteiger partial charge in [0, 0.05) is 11.4 Å². The molecule has 2 heterocycles. The molecular formula is C9H11ClN2O2S. The quantitative estimate of drug-likeness (QED) is 0.883. The summed E-state index contributed by atoms with van der Waals surface area (Å²) in [5, 5.41) is 0. The van der Waals surface area contributed by atoms with Crippen molar-refractivity contribution >= 4 is 29.0 Å². The second kappa shape index (κ2) is 4.38. The molecule has 2 rings (SSSR count). The van der Waals surface area contributed by atoms with Gasteiger partial charge in [0.1, 0.15) is 6.10 Å². The topological polar surface area (TPSA) is 55.6 Å².